The molecule has 3 unspecified atom stereocenters. The van der Waals surface area contributed by atoms with Crippen LogP contribution in [-0.4, -0.2) is 29.9 Å². The van der Waals surface area contributed by atoms with Gasteiger partial charge in [0.25, 0.3) is 0 Å². The Labute approximate surface area is 107 Å². The van der Waals surface area contributed by atoms with E-state index in [4.69, 9.17) is 5.84 Å². The van der Waals surface area contributed by atoms with E-state index in [1.165, 1.54) is 6.26 Å². The number of nitrogens with two attached hydrogens (primary N) is 1. The third-order valence-corrected chi connectivity index (χ3v) is 5.38. The summed E-state index contributed by atoms with van der Waals surface area (Å²) in [6.07, 6.45) is 8.03. The maximum Gasteiger partial charge on any atom is 0.150 e. The van der Waals surface area contributed by atoms with Crippen molar-refractivity contribution in [2.24, 2.45) is 11.8 Å². The van der Waals surface area contributed by atoms with Gasteiger partial charge < -0.3 is 4.98 Å². The van der Waals surface area contributed by atoms with Gasteiger partial charge in [-0.2, -0.15) is 0 Å². The van der Waals surface area contributed by atoms with Crippen LogP contribution in [0, 0.1) is 5.92 Å². The van der Waals surface area contributed by atoms with Gasteiger partial charge in [-0.25, -0.2) is 18.8 Å². The molecule has 0 bridgehead atoms. The number of nitrogens with one attached hydrogen (secondary N) is 2. The number of aromatic amines is 1. The van der Waals surface area contributed by atoms with E-state index in [1.807, 2.05) is 0 Å². The van der Waals surface area contributed by atoms with Crippen molar-refractivity contribution in [3.05, 3.63) is 18.2 Å². The van der Waals surface area contributed by atoms with Crippen LogP contribution in [0.5, 0.6) is 0 Å². The van der Waals surface area contributed by atoms with Gasteiger partial charge >= 0.3 is 0 Å². The van der Waals surface area contributed by atoms with E-state index >= 15 is 0 Å². The summed E-state index contributed by atoms with van der Waals surface area (Å²) >= 11 is 0. The molecule has 0 aromatic carbocycles. The van der Waals surface area contributed by atoms with Crippen LogP contribution in [0.4, 0.5) is 0 Å². The van der Waals surface area contributed by atoms with E-state index in [0.717, 1.165) is 25.1 Å². The fourth-order valence-corrected chi connectivity index (χ4v) is 3.95. The minimum Gasteiger partial charge on any atom is -0.347 e. The van der Waals surface area contributed by atoms with Gasteiger partial charge in [-0.3, -0.25) is 5.84 Å². The molecular formula is C11H20N4O2S. The molecule has 0 aliphatic heterocycles. The molecule has 1 aromatic rings. The number of rotatable bonds is 4. The molecule has 1 aromatic heterocycles. The van der Waals surface area contributed by atoms with Gasteiger partial charge in [0.1, 0.15) is 15.7 Å². The molecule has 7 heteroatoms. The third-order valence-electron chi connectivity index (χ3n) is 3.74. The molecule has 0 saturated heterocycles. The fourth-order valence-electron chi connectivity index (χ4n) is 2.76. The summed E-state index contributed by atoms with van der Waals surface area (Å²) in [5, 5.41) is -0.248. The molecule has 102 valence electrons. The monoisotopic (exact) mass is 272 g/mol. The molecule has 1 aliphatic carbocycles. The van der Waals surface area contributed by atoms with E-state index in [-0.39, 0.29) is 17.2 Å². The molecule has 2 rings (SSSR count). The summed E-state index contributed by atoms with van der Waals surface area (Å²) in [4.78, 5) is 7.24. The van der Waals surface area contributed by atoms with Crippen LogP contribution in [0.1, 0.15) is 37.5 Å². The summed E-state index contributed by atoms with van der Waals surface area (Å²) < 4.78 is 23.3. The van der Waals surface area contributed by atoms with Crippen LogP contribution in [-0.2, 0) is 9.84 Å². The standard InChI is InChI=1S/C11H20N4O2S/c1-18(16,17)9-4-2-3-8(7-9)10(15-12)11-13-5-6-14-11/h5-6,8-10,15H,2-4,7,12H2,1H3,(H,13,14). The highest BCUT2D eigenvalue weighted by molar-refractivity contribution is 7.91. The first-order valence-electron chi connectivity index (χ1n) is 6.16. The predicted octanol–water partition coefficient (Wildman–Crippen LogP) is 0.518. The van der Waals surface area contributed by atoms with Gasteiger partial charge in [-0.15, -0.1) is 0 Å². The van der Waals surface area contributed by atoms with Crippen molar-refractivity contribution in [1.29, 1.82) is 0 Å². The second-order valence-electron chi connectivity index (χ2n) is 5.00. The highest BCUT2D eigenvalue weighted by Gasteiger charge is 2.34. The zero-order chi connectivity index (χ0) is 13.2. The van der Waals surface area contributed by atoms with Gasteiger partial charge in [0.2, 0.25) is 0 Å². The van der Waals surface area contributed by atoms with Gasteiger partial charge in [0.05, 0.1) is 11.3 Å². The molecule has 6 nitrogen and oxygen atoms in total. The minimum atomic E-state index is -2.97. The quantitative estimate of drug-likeness (QED) is 0.548. The Morgan fingerprint density at radius 3 is 2.89 bits per heavy atom. The lowest BCUT2D eigenvalue weighted by Crippen LogP contribution is -2.39. The molecule has 0 radical (unpaired) electrons. The first kappa shape index (κ1) is 13.5. The zero-order valence-corrected chi connectivity index (χ0v) is 11.3. The SMILES string of the molecule is CS(=O)(=O)C1CCCC(C(NN)c2ncc[nH]2)C1. The Kier molecular flexibility index (Phi) is 4.04. The molecule has 1 heterocycles. The topological polar surface area (TPSA) is 101 Å². The molecule has 0 spiro atoms. The summed E-state index contributed by atoms with van der Waals surface area (Å²) in [6, 6.07) is -0.107. The summed E-state index contributed by atoms with van der Waals surface area (Å²) in [5.41, 5.74) is 2.76. The number of sulfone groups is 1. The molecule has 1 aliphatic rings. The van der Waals surface area contributed by atoms with Gasteiger partial charge in [0, 0.05) is 18.6 Å². The van der Waals surface area contributed by atoms with Crippen molar-refractivity contribution in [3.63, 3.8) is 0 Å². The van der Waals surface area contributed by atoms with Crippen LogP contribution in [0.25, 0.3) is 0 Å². The second kappa shape index (κ2) is 5.38. The largest absolute Gasteiger partial charge is 0.347 e. The van der Waals surface area contributed by atoms with Crippen LogP contribution in [0.15, 0.2) is 12.4 Å². The summed E-state index contributed by atoms with van der Waals surface area (Å²) in [5.74, 6) is 6.57. The average molecular weight is 272 g/mol. The second-order valence-corrected chi connectivity index (χ2v) is 7.32. The van der Waals surface area contributed by atoms with E-state index in [9.17, 15) is 8.42 Å². The Morgan fingerprint density at radius 1 is 1.56 bits per heavy atom. The Hall–Kier alpha value is -0.920. The molecule has 0 amide bonds. The molecular weight excluding hydrogens is 252 g/mol. The Balaban J connectivity index is 2.12. The summed E-state index contributed by atoms with van der Waals surface area (Å²) in [7, 11) is -2.97. The molecule has 3 atom stereocenters. The van der Waals surface area contributed by atoms with Crippen molar-refractivity contribution in [1.82, 2.24) is 15.4 Å². The smallest absolute Gasteiger partial charge is 0.150 e. The zero-order valence-electron chi connectivity index (χ0n) is 10.5. The van der Waals surface area contributed by atoms with E-state index < -0.39 is 9.84 Å². The number of nitrogens with zero attached hydrogens (tertiary/aromatic N) is 1. The number of hydrazine groups is 1. The molecule has 1 fully saturated rings. The molecule has 18 heavy (non-hydrogen) atoms. The lowest BCUT2D eigenvalue weighted by Gasteiger charge is -2.32. The van der Waals surface area contributed by atoms with Crippen molar-refractivity contribution >= 4 is 9.84 Å². The molecule has 1 saturated carbocycles. The third kappa shape index (κ3) is 2.90. The van der Waals surface area contributed by atoms with Gasteiger partial charge in [-0.1, -0.05) is 6.42 Å². The van der Waals surface area contributed by atoms with E-state index in [0.29, 0.717) is 6.42 Å². The number of hydrogen-bond donors (Lipinski definition) is 3. The fraction of sp³-hybridized carbons (Fsp3) is 0.727. The maximum absolute atomic E-state index is 11.7. The van der Waals surface area contributed by atoms with Crippen LogP contribution in [0.2, 0.25) is 0 Å². The van der Waals surface area contributed by atoms with Crippen molar-refractivity contribution in [2.45, 2.75) is 37.0 Å². The van der Waals surface area contributed by atoms with Crippen LogP contribution >= 0.6 is 0 Å². The number of hydrogen-bond acceptors (Lipinski definition) is 5. The van der Waals surface area contributed by atoms with Crippen LogP contribution < -0.4 is 11.3 Å². The Morgan fingerprint density at radius 2 is 2.33 bits per heavy atom. The number of imidazole rings is 1. The van der Waals surface area contributed by atoms with Gasteiger partial charge in [0.15, 0.2) is 0 Å². The Bertz CT molecular complexity index is 471. The van der Waals surface area contributed by atoms with Crippen molar-refractivity contribution < 1.29 is 8.42 Å². The average Bonchev–Trinajstić information content (AvgIpc) is 2.83. The first-order valence-corrected chi connectivity index (χ1v) is 8.12. The summed E-state index contributed by atoms with van der Waals surface area (Å²) in [6.45, 7) is 0. The highest BCUT2D eigenvalue weighted by atomic mass is 32.2. The van der Waals surface area contributed by atoms with E-state index in [1.54, 1.807) is 12.4 Å². The predicted molar refractivity (Wildman–Crippen MR) is 69.2 cm³/mol. The van der Waals surface area contributed by atoms with Gasteiger partial charge in [-0.05, 0) is 25.2 Å². The lowest BCUT2D eigenvalue weighted by atomic mass is 9.83. The van der Waals surface area contributed by atoms with Crippen LogP contribution in [0.3, 0.4) is 0 Å². The lowest BCUT2D eigenvalue weighted by molar-refractivity contribution is 0.267. The number of H-pyrrole nitrogens is 1. The maximum atomic E-state index is 11.7. The first-order chi connectivity index (χ1) is 8.52. The number of aromatic nitrogens is 2. The van der Waals surface area contributed by atoms with Crippen molar-refractivity contribution in [2.75, 3.05) is 6.26 Å². The highest BCUT2D eigenvalue weighted by Crippen LogP contribution is 2.35. The van der Waals surface area contributed by atoms with Crippen molar-refractivity contribution in [3.8, 4) is 0 Å². The molecule has 4 N–H and O–H groups in total. The van der Waals surface area contributed by atoms with E-state index in [2.05, 4.69) is 15.4 Å². The normalized spacial score (nSPS) is 27.0. The minimum absolute atomic E-state index is 0.107.